The molecule has 0 fully saturated rings. The van der Waals surface area contributed by atoms with Crippen LogP contribution in [-0.2, 0) is 12.7 Å². The zero-order valence-electron chi connectivity index (χ0n) is 20.1. The summed E-state index contributed by atoms with van der Waals surface area (Å²) >= 11 is 2.16. The molecule has 2 amide bonds. The Labute approximate surface area is 272 Å². The van der Waals surface area contributed by atoms with Crippen LogP contribution in [0.4, 0.5) is 13.2 Å². The average Bonchev–Trinajstić information content (AvgIpc) is 3.54. The van der Waals surface area contributed by atoms with E-state index in [0.29, 0.717) is 33.1 Å². The zero-order chi connectivity index (χ0) is 27.4. The van der Waals surface area contributed by atoms with E-state index in [0.717, 1.165) is 40.5 Å². The van der Waals surface area contributed by atoms with Crippen molar-refractivity contribution < 1.29 is 27.9 Å². The minimum atomic E-state index is -4.45. The summed E-state index contributed by atoms with van der Waals surface area (Å²) in [5.74, 6) is -0.929. The number of hydrazone groups is 1. The quantitative estimate of drug-likeness (QED) is 0.170. The zero-order valence-corrected chi connectivity index (χ0v) is 21.7. The SMILES string of the molecule is C/C(=N/NC(=O)c1ccc(C(=O)N(C)Cc2ccccn2)s1)c1csc(-c2ccc(C(F)(F)F)cc2)c1O.[KH]. The van der Waals surface area contributed by atoms with Crippen LogP contribution in [0, 0.1) is 0 Å². The van der Waals surface area contributed by atoms with E-state index in [1.807, 2.05) is 12.1 Å². The molecule has 0 atom stereocenters. The van der Waals surface area contributed by atoms with Crippen LogP contribution in [0.1, 0.15) is 43.1 Å². The van der Waals surface area contributed by atoms with Crippen LogP contribution in [0.15, 0.2) is 71.3 Å². The summed E-state index contributed by atoms with van der Waals surface area (Å²) in [5.41, 5.74) is 3.43. The third-order valence-corrected chi connectivity index (χ3v) is 7.56. The van der Waals surface area contributed by atoms with Gasteiger partial charge in [0.25, 0.3) is 11.8 Å². The van der Waals surface area contributed by atoms with E-state index in [1.54, 1.807) is 37.7 Å². The van der Waals surface area contributed by atoms with Crippen LogP contribution in [0.3, 0.4) is 0 Å². The molecule has 0 spiro atoms. The summed E-state index contributed by atoms with van der Waals surface area (Å²) in [6, 6.07) is 13.0. The Morgan fingerprint density at radius 2 is 1.77 bits per heavy atom. The molecule has 3 heterocycles. The summed E-state index contributed by atoms with van der Waals surface area (Å²) in [6.07, 6.45) is -2.80. The number of carbonyl (C=O) groups excluding carboxylic acids is 2. The molecule has 2 N–H and O–H groups in total. The second-order valence-corrected chi connectivity index (χ2v) is 10.1. The molecule has 1 aromatic carbocycles. The summed E-state index contributed by atoms with van der Waals surface area (Å²) < 4.78 is 38.5. The topological polar surface area (TPSA) is 94.9 Å². The van der Waals surface area contributed by atoms with Crippen LogP contribution in [0.2, 0.25) is 0 Å². The van der Waals surface area contributed by atoms with E-state index in [4.69, 9.17) is 0 Å². The van der Waals surface area contributed by atoms with Gasteiger partial charge in [0.2, 0.25) is 0 Å². The average molecular weight is 599 g/mol. The number of aromatic hydroxyl groups is 1. The molecule has 198 valence electrons. The Bertz CT molecular complexity index is 1490. The Balaban J connectivity index is 0.00000420. The number of hydrogen-bond acceptors (Lipinski definition) is 7. The van der Waals surface area contributed by atoms with Crippen LogP contribution >= 0.6 is 22.7 Å². The Morgan fingerprint density at radius 1 is 1.08 bits per heavy atom. The number of pyridine rings is 1. The molecular formula is C26H22F3KN4O3S2. The van der Waals surface area contributed by atoms with E-state index in [9.17, 15) is 27.9 Å². The van der Waals surface area contributed by atoms with Crippen molar-refractivity contribution in [3.05, 3.63) is 92.7 Å². The fraction of sp³-hybridized carbons (Fsp3) is 0.154. The van der Waals surface area contributed by atoms with E-state index < -0.39 is 17.6 Å². The number of halogens is 3. The molecule has 0 saturated heterocycles. The Kier molecular flexibility index (Phi) is 10.6. The molecule has 0 bridgehead atoms. The second kappa shape index (κ2) is 13.3. The van der Waals surface area contributed by atoms with Gasteiger partial charge in [0, 0.05) is 18.6 Å². The molecule has 4 aromatic rings. The van der Waals surface area contributed by atoms with Gasteiger partial charge in [-0.05, 0) is 48.9 Å². The maximum atomic E-state index is 12.8. The van der Waals surface area contributed by atoms with Gasteiger partial charge in [-0.15, -0.1) is 22.7 Å². The molecule has 0 radical (unpaired) electrons. The number of carbonyl (C=O) groups is 2. The number of benzene rings is 1. The van der Waals surface area contributed by atoms with Crippen LogP contribution in [0.25, 0.3) is 10.4 Å². The van der Waals surface area contributed by atoms with Crippen molar-refractivity contribution in [3.8, 4) is 16.2 Å². The van der Waals surface area contributed by atoms with Gasteiger partial charge < -0.3 is 10.0 Å². The maximum absolute atomic E-state index is 12.8. The molecule has 0 unspecified atom stereocenters. The molecule has 0 saturated carbocycles. The molecule has 4 rings (SSSR count). The number of nitrogens with one attached hydrogen (secondary N) is 1. The van der Waals surface area contributed by atoms with Gasteiger partial charge in [0.15, 0.2) is 0 Å². The van der Waals surface area contributed by atoms with E-state index in [2.05, 4.69) is 15.5 Å². The van der Waals surface area contributed by atoms with Crippen molar-refractivity contribution in [2.75, 3.05) is 7.05 Å². The fourth-order valence-corrected chi connectivity index (χ4v) is 5.35. The number of aromatic nitrogens is 1. The molecule has 13 heteroatoms. The number of alkyl halides is 3. The van der Waals surface area contributed by atoms with Gasteiger partial charge in [-0.1, -0.05) is 18.2 Å². The molecule has 0 aliphatic rings. The van der Waals surface area contributed by atoms with Crippen molar-refractivity contribution in [3.63, 3.8) is 0 Å². The first-order chi connectivity index (χ1) is 18.0. The van der Waals surface area contributed by atoms with Gasteiger partial charge >= 0.3 is 57.6 Å². The third kappa shape index (κ3) is 7.63. The van der Waals surface area contributed by atoms with Crippen LogP contribution in [0.5, 0.6) is 5.75 Å². The first-order valence-electron chi connectivity index (χ1n) is 11.1. The summed E-state index contributed by atoms with van der Waals surface area (Å²) in [5, 5.41) is 16.3. The van der Waals surface area contributed by atoms with Gasteiger partial charge in [0.05, 0.1) is 43.7 Å². The molecule has 0 aliphatic heterocycles. The van der Waals surface area contributed by atoms with Crippen molar-refractivity contribution in [2.24, 2.45) is 5.10 Å². The summed E-state index contributed by atoms with van der Waals surface area (Å²) in [6.45, 7) is 1.90. The van der Waals surface area contributed by atoms with Gasteiger partial charge in [-0.2, -0.15) is 18.3 Å². The van der Waals surface area contributed by atoms with Crippen molar-refractivity contribution in [2.45, 2.75) is 19.6 Å². The molecule has 0 aliphatic carbocycles. The fourth-order valence-electron chi connectivity index (χ4n) is 3.44. The third-order valence-electron chi connectivity index (χ3n) is 5.47. The number of hydrogen-bond donors (Lipinski definition) is 2. The summed E-state index contributed by atoms with van der Waals surface area (Å²) in [4.78, 5) is 32.1. The number of rotatable bonds is 7. The van der Waals surface area contributed by atoms with E-state index in [1.165, 1.54) is 23.1 Å². The number of thiophene rings is 2. The monoisotopic (exact) mass is 598 g/mol. The van der Waals surface area contributed by atoms with Gasteiger partial charge in [0.1, 0.15) is 5.75 Å². The number of amides is 2. The predicted molar refractivity (Wildman–Crippen MR) is 148 cm³/mol. The Hall–Kier alpha value is -2.39. The van der Waals surface area contributed by atoms with Crippen molar-refractivity contribution in [1.82, 2.24) is 15.3 Å². The molecule has 39 heavy (non-hydrogen) atoms. The summed E-state index contributed by atoms with van der Waals surface area (Å²) in [7, 11) is 1.65. The standard InChI is InChI=1S/C26H21F3N4O3S2.K.H/c1-15(19-14-37-23(22(19)34)16-6-8-17(9-7-16)26(27,28)29)31-32-24(35)20-10-11-21(38-20)25(36)33(2)13-18-5-3-4-12-30-18;;/h3-12,14,34H,13H2,1-2H3,(H,32,35);;/b31-15-;;. The van der Waals surface area contributed by atoms with Gasteiger partial charge in [-0.25, -0.2) is 5.43 Å². The van der Waals surface area contributed by atoms with E-state index in [-0.39, 0.29) is 67.9 Å². The Morgan fingerprint density at radius 3 is 2.41 bits per heavy atom. The van der Waals surface area contributed by atoms with Crippen molar-refractivity contribution in [1.29, 1.82) is 0 Å². The van der Waals surface area contributed by atoms with E-state index >= 15 is 0 Å². The molecule has 3 aromatic heterocycles. The second-order valence-electron chi connectivity index (χ2n) is 8.19. The van der Waals surface area contributed by atoms with Crippen molar-refractivity contribution >= 4 is 91.6 Å². The normalized spacial score (nSPS) is 11.6. The number of nitrogens with zero attached hydrogens (tertiary/aromatic N) is 3. The first-order valence-corrected chi connectivity index (χ1v) is 12.8. The molecular weight excluding hydrogens is 577 g/mol. The van der Waals surface area contributed by atoms with Gasteiger partial charge in [-0.3, -0.25) is 14.6 Å². The van der Waals surface area contributed by atoms with Crippen LogP contribution in [-0.4, -0.2) is 90.9 Å². The first kappa shape index (κ1) is 31.1. The minimum absolute atomic E-state index is 0. The predicted octanol–water partition coefficient (Wildman–Crippen LogP) is 5.37. The molecule has 7 nitrogen and oxygen atoms in total. The van der Waals surface area contributed by atoms with Crippen LogP contribution < -0.4 is 5.43 Å².